The number of phenolic OH excluding ortho intramolecular Hbond substituents is 2. The van der Waals surface area contributed by atoms with Gasteiger partial charge in [-0.25, -0.2) is 0 Å². The lowest BCUT2D eigenvalue weighted by atomic mass is 10.1. The van der Waals surface area contributed by atoms with Crippen LogP contribution in [0.3, 0.4) is 0 Å². The zero-order valence-electron chi connectivity index (χ0n) is 16.5. The summed E-state index contributed by atoms with van der Waals surface area (Å²) in [4.78, 5) is 4.79. The first kappa shape index (κ1) is 19.0. The standard InChI is InChI=1S/C24H30N2O2/c27-23-9-7-19(15-21(23)17-25-11-1-2-12-25)5-6-20-8-10-24(28)22(16-20)18-26-13-3-4-14-26/h5-10,15-16,27-28H,1-4,11-14,17-18H2. The van der Waals surface area contributed by atoms with E-state index in [9.17, 15) is 10.2 Å². The lowest BCUT2D eigenvalue weighted by Crippen LogP contribution is -2.18. The SMILES string of the molecule is Oc1ccc(C=Cc2ccc(O)c(CN3CCCC3)c2)cc1CN1CCCC1. The molecule has 0 amide bonds. The first-order valence-electron chi connectivity index (χ1n) is 10.4. The van der Waals surface area contributed by atoms with Gasteiger partial charge in [0.25, 0.3) is 0 Å². The van der Waals surface area contributed by atoms with Crippen LogP contribution in [0.15, 0.2) is 36.4 Å². The van der Waals surface area contributed by atoms with Gasteiger partial charge in [-0.15, -0.1) is 0 Å². The molecule has 28 heavy (non-hydrogen) atoms. The van der Waals surface area contributed by atoms with Crippen LogP contribution >= 0.6 is 0 Å². The molecule has 2 aliphatic heterocycles. The Morgan fingerprint density at radius 3 is 1.43 bits per heavy atom. The maximum atomic E-state index is 10.2. The first-order chi connectivity index (χ1) is 13.7. The quantitative estimate of drug-likeness (QED) is 0.729. The Hall–Kier alpha value is -2.30. The molecule has 4 heteroatoms. The fraction of sp³-hybridized carbons (Fsp3) is 0.417. The second-order valence-electron chi connectivity index (χ2n) is 8.08. The summed E-state index contributed by atoms with van der Waals surface area (Å²) in [6.45, 7) is 6.10. The summed E-state index contributed by atoms with van der Waals surface area (Å²) in [6.07, 6.45) is 9.17. The fourth-order valence-corrected chi connectivity index (χ4v) is 4.23. The number of hydrogen-bond acceptors (Lipinski definition) is 4. The van der Waals surface area contributed by atoms with Crippen molar-refractivity contribution >= 4 is 12.2 Å². The van der Waals surface area contributed by atoms with Crippen molar-refractivity contribution < 1.29 is 10.2 Å². The van der Waals surface area contributed by atoms with E-state index in [4.69, 9.17) is 0 Å². The zero-order chi connectivity index (χ0) is 19.3. The molecule has 2 aromatic carbocycles. The van der Waals surface area contributed by atoms with Crippen molar-refractivity contribution in [1.82, 2.24) is 9.80 Å². The van der Waals surface area contributed by atoms with E-state index in [-0.39, 0.29) is 0 Å². The largest absolute Gasteiger partial charge is 0.508 e. The predicted octanol–water partition coefficient (Wildman–Crippen LogP) is 4.46. The van der Waals surface area contributed by atoms with Crippen LogP contribution in [-0.4, -0.2) is 46.2 Å². The minimum atomic E-state index is 0.376. The molecular formula is C24H30N2O2. The molecule has 0 unspecified atom stereocenters. The average Bonchev–Trinajstić information content (AvgIpc) is 3.39. The third-order valence-corrected chi connectivity index (χ3v) is 5.86. The Balaban J connectivity index is 1.47. The summed E-state index contributed by atoms with van der Waals surface area (Å²) in [5, 5.41) is 20.4. The van der Waals surface area contributed by atoms with Crippen molar-refractivity contribution in [2.75, 3.05) is 26.2 Å². The molecule has 0 saturated carbocycles. The molecule has 0 atom stereocenters. The van der Waals surface area contributed by atoms with Crippen LogP contribution in [0.2, 0.25) is 0 Å². The molecule has 0 aromatic heterocycles. The Morgan fingerprint density at radius 1 is 0.643 bits per heavy atom. The zero-order valence-corrected chi connectivity index (χ0v) is 16.5. The van der Waals surface area contributed by atoms with E-state index < -0.39 is 0 Å². The molecule has 2 fully saturated rings. The smallest absolute Gasteiger partial charge is 0.120 e. The van der Waals surface area contributed by atoms with Gasteiger partial charge in [0.2, 0.25) is 0 Å². The number of likely N-dealkylation sites (tertiary alicyclic amines) is 2. The fourth-order valence-electron chi connectivity index (χ4n) is 4.23. The molecule has 0 spiro atoms. The molecule has 2 N–H and O–H groups in total. The number of nitrogens with zero attached hydrogens (tertiary/aromatic N) is 2. The molecule has 0 radical (unpaired) electrons. The van der Waals surface area contributed by atoms with Gasteiger partial charge in [0.1, 0.15) is 11.5 Å². The molecule has 0 aliphatic carbocycles. The summed E-state index contributed by atoms with van der Waals surface area (Å²) in [7, 11) is 0. The van der Waals surface area contributed by atoms with E-state index in [0.29, 0.717) is 11.5 Å². The van der Waals surface area contributed by atoms with Crippen LogP contribution in [-0.2, 0) is 13.1 Å². The van der Waals surface area contributed by atoms with Gasteiger partial charge in [0.05, 0.1) is 0 Å². The molecule has 2 aliphatic rings. The summed E-state index contributed by atoms with van der Waals surface area (Å²) < 4.78 is 0. The highest BCUT2D eigenvalue weighted by Crippen LogP contribution is 2.25. The predicted molar refractivity (Wildman–Crippen MR) is 114 cm³/mol. The van der Waals surface area contributed by atoms with E-state index in [1.807, 2.05) is 12.1 Å². The molecule has 2 aromatic rings. The summed E-state index contributed by atoms with van der Waals surface area (Å²) in [5.74, 6) is 0.753. The second-order valence-corrected chi connectivity index (χ2v) is 8.08. The average molecular weight is 379 g/mol. The van der Waals surface area contributed by atoms with Crippen LogP contribution < -0.4 is 0 Å². The third kappa shape index (κ3) is 4.75. The highest BCUT2D eigenvalue weighted by Gasteiger charge is 2.15. The van der Waals surface area contributed by atoms with Gasteiger partial charge >= 0.3 is 0 Å². The maximum Gasteiger partial charge on any atom is 0.120 e. The van der Waals surface area contributed by atoms with Gasteiger partial charge in [0, 0.05) is 24.2 Å². The van der Waals surface area contributed by atoms with Crippen LogP contribution in [0.1, 0.15) is 47.9 Å². The normalized spacial score (nSPS) is 18.4. The van der Waals surface area contributed by atoms with E-state index >= 15 is 0 Å². The highest BCUT2D eigenvalue weighted by molar-refractivity contribution is 5.71. The molecule has 0 bridgehead atoms. The van der Waals surface area contributed by atoms with Gasteiger partial charge in [-0.3, -0.25) is 9.80 Å². The summed E-state index contributed by atoms with van der Waals surface area (Å²) in [5.41, 5.74) is 4.15. The highest BCUT2D eigenvalue weighted by atomic mass is 16.3. The number of phenols is 2. The number of benzene rings is 2. The van der Waals surface area contributed by atoms with Gasteiger partial charge in [-0.1, -0.05) is 24.3 Å². The minimum absolute atomic E-state index is 0.376. The Bertz CT molecular complexity index is 765. The van der Waals surface area contributed by atoms with Gasteiger partial charge in [-0.2, -0.15) is 0 Å². The molecule has 148 valence electrons. The van der Waals surface area contributed by atoms with Crippen molar-refractivity contribution in [2.45, 2.75) is 38.8 Å². The Morgan fingerprint density at radius 2 is 1.04 bits per heavy atom. The minimum Gasteiger partial charge on any atom is -0.508 e. The molecule has 4 rings (SSSR count). The summed E-state index contributed by atoms with van der Waals surface area (Å²) in [6, 6.07) is 11.6. The van der Waals surface area contributed by atoms with E-state index in [2.05, 4.69) is 34.1 Å². The van der Waals surface area contributed by atoms with Gasteiger partial charge in [0.15, 0.2) is 0 Å². The number of hydrogen-bond donors (Lipinski definition) is 2. The molecular weight excluding hydrogens is 348 g/mol. The van der Waals surface area contributed by atoms with E-state index in [1.165, 1.54) is 25.7 Å². The van der Waals surface area contributed by atoms with E-state index in [0.717, 1.165) is 61.5 Å². The van der Waals surface area contributed by atoms with Gasteiger partial charge < -0.3 is 10.2 Å². The van der Waals surface area contributed by atoms with Crippen molar-refractivity contribution in [3.05, 3.63) is 58.7 Å². The van der Waals surface area contributed by atoms with Crippen molar-refractivity contribution in [3.63, 3.8) is 0 Å². The maximum absolute atomic E-state index is 10.2. The first-order valence-corrected chi connectivity index (χ1v) is 10.4. The topological polar surface area (TPSA) is 46.9 Å². The monoisotopic (exact) mass is 378 g/mol. The Kier molecular flexibility index (Phi) is 5.98. The van der Waals surface area contributed by atoms with Crippen LogP contribution in [0.5, 0.6) is 11.5 Å². The van der Waals surface area contributed by atoms with Crippen LogP contribution in [0.25, 0.3) is 12.2 Å². The van der Waals surface area contributed by atoms with Crippen LogP contribution in [0, 0.1) is 0 Å². The van der Waals surface area contributed by atoms with E-state index in [1.54, 1.807) is 12.1 Å². The van der Waals surface area contributed by atoms with Crippen molar-refractivity contribution in [2.24, 2.45) is 0 Å². The molecule has 4 nitrogen and oxygen atoms in total. The lowest BCUT2D eigenvalue weighted by molar-refractivity contribution is 0.324. The number of aromatic hydroxyl groups is 2. The van der Waals surface area contributed by atoms with Crippen molar-refractivity contribution in [3.8, 4) is 11.5 Å². The summed E-state index contributed by atoms with van der Waals surface area (Å²) >= 11 is 0. The Labute approximate surface area is 167 Å². The molecule has 2 heterocycles. The number of rotatable bonds is 6. The molecule has 2 saturated heterocycles. The second kappa shape index (κ2) is 8.80. The van der Waals surface area contributed by atoms with Crippen LogP contribution in [0.4, 0.5) is 0 Å². The lowest BCUT2D eigenvalue weighted by Gasteiger charge is -2.16. The van der Waals surface area contributed by atoms with Crippen molar-refractivity contribution in [1.29, 1.82) is 0 Å². The van der Waals surface area contributed by atoms with Gasteiger partial charge in [-0.05, 0) is 87.3 Å². The third-order valence-electron chi connectivity index (χ3n) is 5.86.